The third-order valence-corrected chi connectivity index (χ3v) is 3.55. The third kappa shape index (κ3) is 2.65. The lowest BCUT2D eigenvalue weighted by molar-refractivity contribution is 0.627. The highest BCUT2D eigenvalue weighted by Crippen LogP contribution is 2.31. The maximum Gasteiger partial charge on any atom is 0.123 e. The first-order valence-corrected chi connectivity index (χ1v) is 6.78. The summed E-state index contributed by atoms with van der Waals surface area (Å²) in [6.45, 7) is 3.97. The molecule has 21 heavy (non-hydrogen) atoms. The number of halogens is 1. The second kappa shape index (κ2) is 5.40. The van der Waals surface area contributed by atoms with Gasteiger partial charge in [0.15, 0.2) is 0 Å². The van der Waals surface area contributed by atoms with Crippen molar-refractivity contribution in [1.82, 2.24) is 9.89 Å². The fourth-order valence-corrected chi connectivity index (χ4v) is 2.44. The maximum atomic E-state index is 13.3. The van der Waals surface area contributed by atoms with Crippen LogP contribution >= 0.6 is 0 Å². The van der Waals surface area contributed by atoms with E-state index in [0.717, 1.165) is 27.9 Å². The van der Waals surface area contributed by atoms with Crippen LogP contribution in [-0.4, -0.2) is 9.89 Å². The highest BCUT2D eigenvalue weighted by molar-refractivity contribution is 5.75. The Kier molecular flexibility index (Phi) is 3.44. The van der Waals surface area contributed by atoms with Crippen LogP contribution in [-0.2, 0) is 0 Å². The van der Waals surface area contributed by atoms with Gasteiger partial charge >= 0.3 is 0 Å². The number of aromatic nitrogens is 2. The summed E-state index contributed by atoms with van der Waals surface area (Å²) in [5.41, 5.74) is 8.35. The van der Waals surface area contributed by atoms with Crippen molar-refractivity contribution >= 4 is 5.69 Å². The van der Waals surface area contributed by atoms with E-state index in [9.17, 15) is 4.39 Å². The molecule has 0 aliphatic heterocycles. The summed E-state index contributed by atoms with van der Waals surface area (Å²) in [4.78, 5) is 1.66. The Morgan fingerprint density at radius 1 is 1.05 bits per heavy atom. The minimum Gasteiger partial charge on any atom is -0.278 e. The first-order valence-electron chi connectivity index (χ1n) is 6.78. The summed E-state index contributed by atoms with van der Waals surface area (Å²) in [7, 11) is 0. The molecule has 0 spiro atoms. The monoisotopic (exact) mass is 281 g/mol. The molecule has 3 rings (SSSR count). The largest absolute Gasteiger partial charge is 0.278 e. The van der Waals surface area contributed by atoms with Crippen LogP contribution in [0.25, 0.3) is 11.1 Å². The van der Waals surface area contributed by atoms with Crippen LogP contribution in [0.4, 0.5) is 10.1 Å². The predicted molar refractivity (Wildman–Crippen MR) is 82.6 cm³/mol. The average molecular weight is 281 g/mol. The first kappa shape index (κ1) is 13.4. The summed E-state index contributed by atoms with van der Waals surface area (Å²) in [5, 5.41) is 4.14. The van der Waals surface area contributed by atoms with Crippen molar-refractivity contribution in [2.75, 3.05) is 5.43 Å². The number of aryl methyl sites for hydroxylation is 1. The van der Waals surface area contributed by atoms with Gasteiger partial charge in [-0.15, -0.1) is 0 Å². The Labute approximate surface area is 123 Å². The molecule has 2 aromatic carbocycles. The van der Waals surface area contributed by atoms with Crippen molar-refractivity contribution in [3.63, 3.8) is 0 Å². The van der Waals surface area contributed by atoms with Gasteiger partial charge in [0.1, 0.15) is 5.82 Å². The van der Waals surface area contributed by atoms with Gasteiger partial charge in [-0.2, -0.15) is 9.89 Å². The second-order valence-electron chi connectivity index (χ2n) is 5.00. The molecule has 0 aliphatic carbocycles. The summed E-state index contributed by atoms with van der Waals surface area (Å²) in [6.07, 6.45) is 3.56. The van der Waals surface area contributed by atoms with Crippen LogP contribution in [0.5, 0.6) is 0 Å². The molecule has 0 atom stereocenters. The fourth-order valence-electron chi connectivity index (χ4n) is 2.44. The van der Waals surface area contributed by atoms with Gasteiger partial charge in [-0.05, 0) is 60.4 Å². The van der Waals surface area contributed by atoms with Gasteiger partial charge in [-0.1, -0.05) is 18.2 Å². The molecule has 1 aromatic heterocycles. The van der Waals surface area contributed by atoms with Gasteiger partial charge in [-0.3, -0.25) is 5.43 Å². The molecule has 0 saturated heterocycles. The van der Waals surface area contributed by atoms with Crippen molar-refractivity contribution in [2.45, 2.75) is 13.8 Å². The topological polar surface area (TPSA) is 29.9 Å². The molecular formula is C17H16FN3. The van der Waals surface area contributed by atoms with Crippen molar-refractivity contribution in [2.24, 2.45) is 0 Å². The molecule has 0 unspecified atom stereocenters. The molecule has 3 aromatic rings. The van der Waals surface area contributed by atoms with E-state index < -0.39 is 0 Å². The molecule has 1 heterocycles. The van der Waals surface area contributed by atoms with Gasteiger partial charge in [0, 0.05) is 6.20 Å². The highest BCUT2D eigenvalue weighted by Gasteiger charge is 2.09. The van der Waals surface area contributed by atoms with E-state index >= 15 is 0 Å². The van der Waals surface area contributed by atoms with Gasteiger partial charge in [-0.25, -0.2) is 4.39 Å². The Morgan fingerprint density at radius 2 is 1.90 bits per heavy atom. The molecule has 1 N–H and O–H groups in total. The van der Waals surface area contributed by atoms with Crippen LogP contribution < -0.4 is 5.43 Å². The standard InChI is InChI=1S/C17H16FN3/c1-12-11-14(18)7-8-15(12)16-5-3-6-17(13(16)2)20-21-10-4-9-19-21/h3-11,20H,1-2H3. The lowest BCUT2D eigenvalue weighted by atomic mass is 9.96. The number of benzene rings is 2. The van der Waals surface area contributed by atoms with Crippen molar-refractivity contribution in [1.29, 1.82) is 0 Å². The highest BCUT2D eigenvalue weighted by atomic mass is 19.1. The van der Waals surface area contributed by atoms with E-state index in [4.69, 9.17) is 0 Å². The van der Waals surface area contributed by atoms with Gasteiger partial charge in [0.05, 0.1) is 11.9 Å². The number of rotatable bonds is 3. The van der Waals surface area contributed by atoms with Crippen LogP contribution in [0.1, 0.15) is 11.1 Å². The first-order chi connectivity index (χ1) is 10.1. The van der Waals surface area contributed by atoms with Crippen LogP contribution in [0.3, 0.4) is 0 Å². The molecule has 3 nitrogen and oxygen atoms in total. The number of nitrogens with one attached hydrogen (secondary N) is 1. The van der Waals surface area contributed by atoms with E-state index in [0.29, 0.717) is 0 Å². The van der Waals surface area contributed by atoms with Crippen LogP contribution in [0, 0.1) is 19.7 Å². The smallest absolute Gasteiger partial charge is 0.123 e. The van der Waals surface area contributed by atoms with E-state index in [1.165, 1.54) is 6.07 Å². The Bertz CT molecular complexity index is 764. The number of anilines is 1. The zero-order valence-corrected chi connectivity index (χ0v) is 12.0. The molecule has 0 fully saturated rings. The summed E-state index contributed by atoms with van der Waals surface area (Å²) < 4.78 is 13.3. The predicted octanol–water partition coefficient (Wildman–Crippen LogP) is 4.18. The minimum atomic E-state index is -0.209. The van der Waals surface area contributed by atoms with E-state index in [-0.39, 0.29) is 5.82 Å². The van der Waals surface area contributed by atoms with Crippen molar-refractivity contribution < 1.29 is 4.39 Å². The fraction of sp³-hybridized carbons (Fsp3) is 0.118. The number of nitrogens with zero attached hydrogens (tertiary/aromatic N) is 2. The molecule has 0 amide bonds. The van der Waals surface area contributed by atoms with E-state index in [1.807, 2.05) is 50.4 Å². The molecule has 106 valence electrons. The Balaban J connectivity index is 2.03. The normalized spacial score (nSPS) is 10.6. The van der Waals surface area contributed by atoms with Gasteiger partial charge in [0.2, 0.25) is 0 Å². The summed E-state index contributed by atoms with van der Waals surface area (Å²) >= 11 is 0. The van der Waals surface area contributed by atoms with Crippen molar-refractivity contribution in [3.05, 3.63) is 71.8 Å². The van der Waals surface area contributed by atoms with E-state index in [2.05, 4.69) is 10.5 Å². The van der Waals surface area contributed by atoms with Gasteiger partial charge in [0.25, 0.3) is 0 Å². The van der Waals surface area contributed by atoms with E-state index in [1.54, 1.807) is 17.1 Å². The van der Waals surface area contributed by atoms with Crippen LogP contribution in [0.15, 0.2) is 54.9 Å². The number of hydrogen-bond acceptors (Lipinski definition) is 2. The summed E-state index contributed by atoms with van der Waals surface area (Å²) in [5.74, 6) is -0.209. The lowest BCUT2D eigenvalue weighted by Gasteiger charge is -2.15. The van der Waals surface area contributed by atoms with Crippen molar-refractivity contribution in [3.8, 4) is 11.1 Å². The second-order valence-corrected chi connectivity index (χ2v) is 5.00. The zero-order valence-electron chi connectivity index (χ0n) is 12.0. The SMILES string of the molecule is Cc1cc(F)ccc1-c1cccc(Nn2cccn2)c1C. The quantitative estimate of drug-likeness (QED) is 0.780. The molecule has 0 radical (unpaired) electrons. The van der Waals surface area contributed by atoms with Gasteiger partial charge < -0.3 is 0 Å². The molecule has 4 heteroatoms. The lowest BCUT2D eigenvalue weighted by Crippen LogP contribution is -2.10. The Morgan fingerprint density at radius 3 is 2.62 bits per heavy atom. The average Bonchev–Trinajstić information content (AvgIpc) is 2.95. The molecule has 0 bridgehead atoms. The molecule has 0 aliphatic rings. The van der Waals surface area contributed by atoms with Crippen LogP contribution in [0.2, 0.25) is 0 Å². The molecule has 0 saturated carbocycles. The zero-order chi connectivity index (χ0) is 14.8. The molecular weight excluding hydrogens is 265 g/mol. The third-order valence-electron chi connectivity index (χ3n) is 3.55. The number of hydrogen-bond donors (Lipinski definition) is 1. The summed E-state index contributed by atoms with van der Waals surface area (Å²) in [6, 6.07) is 12.8. The Hall–Kier alpha value is -2.62. The maximum absolute atomic E-state index is 13.3. The minimum absolute atomic E-state index is 0.209.